The number of carbonyl (C=O) groups excluding carboxylic acids is 4. The van der Waals surface area contributed by atoms with E-state index in [0.717, 1.165) is 21.1 Å². The Kier molecular flexibility index (Phi) is 7.23. The van der Waals surface area contributed by atoms with Crippen LogP contribution >= 0.6 is 23.1 Å². The highest BCUT2D eigenvalue weighted by Crippen LogP contribution is 2.42. The molecule has 10 heteroatoms. The van der Waals surface area contributed by atoms with E-state index in [1.54, 1.807) is 56.3 Å². The van der Waals surface area contributed by atoms with E-state index in [0.29, 0.717) is 16.9 Å². The van der Waals surface area contributed by atoms with Crippen LogP contribution < -0.4 is 16.0 Å². The molecule has 1 unspecified atom stereocenters. The van der Waals surface area contributed by atoms with Crippen molar-refractivity contribution < 1.29 is 23.9 Å². The minimum Gasteiger partial charge on any atom is -0.462 e. The van der Waals surface area contributed by atoms with Crippen LogP contribution in [0.25, 0.3) is 0 Å². The number of anilines is 3. The Morgan fingerprint density at radius 1 is 1.17 bits per heavy atom. The lowest BCUT2D eigenvalue weighted by atomic mass is 10.1. The van der Waals surface area contributed by atoms with E-state index < -0.39 is 28.9 Å². The maximum absolute atomic E-state index is 13.3. The summed E-state index contributed by atoms with van der Waals surface area (Å²) in [6, 6.07) is 15.9. The molecule has 1 aromatic heterocycles. The van der Waals surface area contributed by atoms with Crippen molar-refractivity contribution in [1.82, 2.24) is 0 Å². The highest BCUT2D eigenvalue weighted by molar-refractivity contribution is 8.00. The molecule has 0 saturated carbocycles. The van der Waals surface area contributed by atoms with Crippen LogP contribution in [0.4, 0.5) is 16.4 Å². The number of thioether (sulfide) groups is 1. The van der Waals surface area contributed by atoms with E-state index in [2.05, 4.69) is 5.32 Å². The summed E-state index contributed by atoms with van der Waals surface area (Å²) in [6.45, 7) is 3.37. The number of nitrogens with one attached hydrogen (secondary N) is 1. The lowest BCUT2D eigenvalue weighted by Crippen LogP contribution is -2.31. The molecule has 1 aliphatic heterocycles. The second-order valence-corrected chi connectivity index (χ2v) is 10.0. The molecule has 2 aromatic carbocycles. The van der Waals surface area contributed by atoms with Gasteiger partial charge in [-0.3, -0.25) is 14.4 Å². The van der Waals surface area contributed by atoms with Gasteiger partial charge in [-0.05, 0) is 49.7 Å². The molecule has 0 spiro atoms. The average molecular weight is 510 g/mol. The molecule has 1 saturated heterocycles. The number of imide groups is 1. The van der Waals surface area contributed by atoms with Crippen molar-refractivity contribution in [2.24, 2.45) is 0 Å². The molecule has 4 rings (SSSR count). The number of hydrogen-bond donors (Lipinski definition) is 2. The van der Waals surface area contributed by atoms with E-state index in [9.17, 15) is 19.2 Å². The summed E-state index contributed by atoms with van der Waals surface area (Å²) >= 11 is 2.16. The van der Waals surface area contributed by atoms with Gasteiger partial charge in [-0.1, -0.05) is 24.3 Å². The van der Waals surface area contributed by atoms with E-state index in [1.165, 1.54) is 11.8 Å². The van der Waals surface area contributed by atoms with Crippen LogP contribution in [0.15, 0.2) is 59.5 Å². The van der Waals surface area contributed by atoms with Crippen molar-refractivity contribution in [2.45, 2.75) is 30.4 Å². The maximum atomic E-state index is 13.3. The number of hydrogen-bond acceptors (Lipinski definition) is 8. The number of nitrogen functional groups attached to an aromatic ring is 1. The van der Waals surface area contributed by atoms with Crippen LogP contribution in [0.1, 0.15) is 38.9 Å². The summed E-state index contributed by atoms with van der Waals surface area (Å²) in [5.41, 5.74) is 7.37. The van der Waals surface area contributed by atoms with Crippen molar-refractivity contribution >= 4 is 63.2 Å². The number of nitrogens with two attached hydrogens (primary N) is 1. The first-order valence-corrected chi connectivity index (χ1v) is 12.6. The Balaban J connectivity index is 1.68. The highest BCUT2D eigenvalue weighted by Gasteiger charge is 2.44. The average Bonchev–Trinajstić information content (AvgIpc) is 3.29. The quantitative estimate of drug-likeness (QED) is 0.274. The SMILES string of the molecule is CCOC(=O)c1c(N2C(=O)CC(Sc3cccc(N)c3)C2=O)sc(C(=O)Nc2ccccc2)c1C. The first-order chi connectivity index (χ1) is 16.8. The van der Waals surface area contributed by atoms with Crippen LogP contribution in [0.5, 0.6) is 0 Å². The molecule has 0 bridgehead atoms. The second kappa shape index (κ2) is 10.3. The van der Waals surface area contributed by atoms with Gasteiger partial charge in [-0.15, -0.1) is 23.1 Å². The van der Waals surface area contributed by atoms with Crippen molar-refractivity contribution in [1.29, 1.82) is 0 Å². The number of benzene rings is 2. The number of rotatable bonds is 7. The molecule has 3 aromatic rings. The van der Waals surface area contributed by atoms with Gasteiger partial charge < -0.3 is 15.8 Å². The standard InChI is InChI=1S/C25H23N3O5S2/c1-3-33-25(32)20-14(2)21(22(30)27-16-9-5-4-6-10-16)35-24(20)28-19(29)13-18(23(28)31)34-17-11-7-8-15(26)12-17/h4-12,18H,3,13,26H2,1-2H3,(H,27,30). The normalized spacial score (nSPS) is 15.4. The second-order valence-electron chi connectivity index (χ2n) is 7.73. The highest BCUT2D eigenvalue weighted by atomic mass is 32.2. The third-order valence-corrected chi connectivity index (χ3v) is 7.75. The van der Waals surface area contributed by atoms with E-state index in [1.807, 2.05) is 12.1 Å². The lowest BCUT2D eigenvalue weighted by Gasteiger charge is -2.15. The fraction of sp³-hybridized carbons (Fsp3) is 0.200. The van der Waals surface area contributed by atoms with Gasteiger partial charge in [0.25, 0.3) is 5.91 Å². The molecule has 0 aliphatic carbocycles. The Labute approximate surface area is 210 Å². The van der Waals surface area contributed by atoms with Gasteiger partial charge in [0.2, 0.25) is 11.8 Å². The molecule has 1 aliphatic rings. The van der Waals surface area contributed by atoms with E-state index >= 15 is 0 Å². The van der Waals surface area contributed by atoms with Crippen molar-refractivity contribution in [3.63, 3.8) is 0 Å². The van der Waals surface area contributed by atoms with Gasteiger partial charge in [-0.25, -0.2) is 9.69 Å². The largest absolute Gasteiger partial charge is 0.462 e. The smallest absolute Gasteiger partial charge is 0.341 e. The van der Waals surface area contributed by atoms with Crippen LogP contribution in [0, 0.1) is 6.92 Å². The van der Waals surface area contributed by atoms with E-state index in [-0.39, 0.29) is 28.5 Å². The summed E-state index contributed by atoms with van der Waals surface area (Å²) < 4.78 is 5.19. The van der Waals surface area contributed by atoms with E-state index in [4.69, 9.17) is 10.5 Å². The fourth-order valence-electron chi connectivity index (χ4n) is 3.69. The number of ether oxygens (including phenoxy) is 1. The van der Waals surface area contributed by atoms with Gasteiger partial charge in [0.1, 0.15) is 5.00 Å². The van der Waals surface area contributed by atoms with Gasteiger partial charge in [0.15, 0.2) is 0 Å². The van der Waals surface area contributed by atoms with Crippen LogP contribution in [-0.2, 0) is 14.3 Å². The zero-order valence-electron chi connectivity index (χ0n) is 19.1. The number of nitrogens with zero attached hydrogens (tertiary/aromatic N) is 1. The molecule has 0 radical (unpaired) electrons. The van der Waals surface area contributed by atoms with Crippen LogP contribution in [-0.4, -0.2) is 35.5 Å². The molecule has 3 amide bonds. The zero-order chi connectivity index (χ0) is 25.1. The molecule has 2 heterocycles. The third kappa shape index (κ3) is 5.08. The maximum Gasteiger partial charge on any atom is 0.341 e. The molecule has 8 nitrogen and oxygen atoms in total. The number of amides is 3. The summed E-state index contributed by atoms with van der Waals surface area (Å²) in [4.78, 5) is 54.2. The molecular formula is C25H23N3O5S2. The molecule has 3 N–H and O–H groups in total. The fourth-order valence-corrected chi connectivity index (χ4v) is 6.02. The minimum absolute atomic E-state index is 0.0386. The van der Waals surface area contributed by atoms with Gasteiger partial charge >= 0.3 is 5.97 Å². The number of para-hydroxylation sites is 1. The topological polar surface area (TPSA) is 119 Å². The van der Waals surface area contributed by atoms with Crippen LogP contribution in [0.3, 0.4) is 0 Å². The summed E-state index contributed by atoms with van der Waals surface area (Å²) in [5, 5.41) is 2.21. The Bertz CT molecular complexity index is 1310. The molecular weight excluding hydrogens is 486 g/mol. The number of thiophene rings is 1. The number of carbonyl (C=O) groups is 4. The van der Waals surface area contributed by atoms with Gasteiger partial charge in [0, 0.05) is 22.7 Å². The molecule has 1 fully saturated rings. The van der Waals surface area contributed by atoms with Crippen molar-refractivity contribution in [3.8, 4) is 0 Å². The Morgan fingerprint density at radius 2 is 1.91 bits per heavy atom. The van der Waals surface area contributed by atoms with Crippen molar-refractivity contribution in [3.05, 3.63) is 70.6 Å². The molecule has 35 heavy (non-hydrogen) atoms. The van der Waals surface area contributed by atoms with Gasteiger partial charge in [0.05, 0.1) is 22.3 Å². The summed E-state index contributed by atoms with van der Waals surface area (Å²) in [5.74, 6) is -2.04. The minimum atomic E-state index is -0.692. The lowest BCUT2D eigenvalue weighted by molar-refractivity contribution is -0.121. The Morgan fingerprint density at radius 3 is 2.60 bits per heavy atom. The summed E-state index contributed by atoms with van der Waals surface area (Å²) in [7, 11) is 0. The predicted molar refractivity (Wildman–Crippen MR) is 137 cm³/mol. The monoisotopic (exact) mass is 509 g/mol. The number of esters is 1. The summed E-state index contributed by atoms with van der Waals surface area (Å²) in [6.07, 6.45) is -0.0386. The predicted octanol–water partition coefficient (Wildman–Crippen LogP) is 4.49. The third-order valence-electron chi connectivity index (χ3n) is 5.29. The zero-order valence-corrected chi connectivity index (χ0v) is 20.7. The molecule has 180 valence electrons. The molecule has 1 atom stereocenters. The van der Waals surface area contributed by atoms with Crippen LogP contribution in [0.2, 0.25) is 0 Å². The first-order valence-electron chi connectivity index (χ1n) is 10.9. The van der Waals surface area contributed by atoms with Crippen molar-refractivity contribution in [2.75, 3.05) is 22.6 Å². The first kappa shape index (κ1) is 24.5. The Hall–Kier alpha value is -3.63. The van der Waals surface area contributed by atoms with Gasteiger partial charge in [-0.2, -0.15) is 0 Å².